The number of nitrogens with zero attached hydrogens (tertiary/aromatic N) is 2. The van der Waals surface area contributed by atoms with Gasteiger partial charge in [-0.15, -0.1) is 0 Å². The smallest absolute Gasteiger partial charge is 0.414 e. The molecule has 2 heterocycles. The molecule has 0 saturated carbocycles. The molecule has 1 fully saturated rings. The SMILES string of the molecule is COc1ccc(CN2CC3(CN(C(=O)O)C3=O)c3ccccc32)c(Cl)c1. The molecule has 4 rings (SSSR count). The van der Waals surface area contributed by atoms with Gasteiger partial charge in [-0.3, -0.25) is 4.79 Å². The largest absolute Gasteiger partial charge is 0.497 e. The number of para-hydroxylation sites is 1. The van der Waals surface area contributed by atoms with Crippen molar-refractivity contribution in [2.75, 3.05) is 25.1 Å². The minimum Gasteiger partial charge on any atom is -0.497 e. The Kier molecular flexibility index (Phi) is 3.80. The lowest BCUT2D eigenvalue weighted by molar-refractivity contribution is -0.146. The molecule has 1 saturated heterocycles. The molecule has 0 bridgehead atoms. The minimum absolute atomic E-state index is 0.186. The molecule has 2 amide bonds. The van der Waals surface area contributed by atoms with Crippen LogP contribution in [0.3, 0.4) is 0 Å². The van der Waals surface area contributed by atoms with Crippen LogP contribution in [0.2, 0.25) is 5.02 Å². The van der Waals surface area contributed by atoms with Crippen LogP contribution in [0.15, 0.2) is 42.5 Å². The van der Waals surface area contributed by atoms with Crippen molar-refractivity contribution < 1.29 is 19.4 Å². The molecule has 1 N–H and O–H groups in total. The number of anilines is 1. The molecular formula is C19H17ClN2O4. The fourth-order valence-electron chi connectivity index (χ4n) is 3.83. The maximum atomic E-state index is 12.6. The molecule has 2 aliphatic rings. The van der Waals surface area contributed by atoms with E-state index in [1.54, 1.807) is 13.2 Å². The molecule has 0 aromatic heterocycles. The molecule has 26 heavy (non-hydrogen) atoms. The second kappa shape index (κ2) is 5.92. The Balaban J connectivity index is 1.66. The first-order valence-corrected chi connectivity index (χ1v) is 8.56. The predicted molar refractivity (Wildman–Crippen MR) is 96.9 cm³/mol. The molecule has 2 aliphatic heterocycles. The molecule has 0 aliphatic carbocycles. The fraction of sp³-hybridized carbons (Fsp3) is 0.263. The minimum atomic E-state index is -1.20. The van der Waals surface area contributed by atoms with Crippen molar-refractivity contribution in [1.29, 1.82) is 0 Å². The monoisotopic (exact) mass is 372 g/mol. The van der Waals surface area contributed by atoms with Crippen molar-refractivity contribution in [2.45, 2.75) is 12.0 Å². The number of β-lactam (4-membered cyclic amide) rings is 1. The highest BCUT2D eigenvalue weighted by atomic mass is 35.5. The maximum Gasteiger partial charge on any atom is 0.414 e. The van der Waals surface area contributed by atoms with E-state index in [0.717, 1.165) is 21.7 Å². The van der Waals surface area contributed by atoms with E-state index in [9.17, 15) is 9.59 Å². The maximum absolute atomic E-state index is 12.6. The van der Waals surface area contributed by atoms with Gasteiger partial charge in [-0.1, -0.05) is 35.9 Å². The van der Waals surface area contributed by atoms with Crippen LogP contribution in [0.5, 0.6) is 5.75 Å². The van der Waals surface area contributed by atoms with Crippen LogP contribution in [-0.2, 0) is 16.8 Å². The molecule has 2 aromatic carbocycles. The number of carboxylic acid groups (broad SMARTS) is 1. The van der Waals surface area contributed by atoms with E-state index in [0.29, 0.717) is 23.9 Å². The first-order valence-electron chi connectivity index (χ1n) is 8.18. The van der Waals surface area contributed by atoms with E-state index in [-0.39, 0.29) is 12.5 Å². The number of benzene rings is 2. The Bertz CT molecular complexity index is 916. The van der Waals surface area contributed by atoms with Crippen molar-refractivity contribution in [2.24, 2.45) is 0 Å². The molecule has 6 nitrogen and oxygen atoms in total. The van der Waals surface area contributed by atoms with Crippen molar-refractivity contribution in [3.63, 3.8) is 0 Å². The number of hydrogen-bond donors (Lipinski definition) is 1. The average Bonchev–Trinajstić information content (AvgIpc) is 2.97. The quantitative estimate of drug-likeness (QED) is 0.838. The van der Waals surface area contributed by atoms with Gasteiger partial charge in [0.05, 0.1) is 13.7 Å². The Morgan fingerprint density at radius 2 is 2.04 bits per heavy atom. The summed E-state index contributed by atoms with van der Waals surface area (Å²) in [6.07, 6.45) is -1.20. The zero-order valence-corrected chi connectivity index (χ0v) is 14.9. The number of carbonyl (C=O) groups is 2. The van der Waals surface area contributed by atoms with E-state index < -0.39 is 11.5 Å². The lowest BCUT2D eigenvalue weighted by Gasteiger charge is -2.44. The fourth-order valence-corrected chi connectivity index (χ4v) is 4.06. The number of rotatable bonds is 3. The number of carbonyl (C=O) groups excluding carboxylic acids is 1. The van der Waals surface area contributed by atoms with E-state index in [4.69, 9.17) is 21.4 Å². The van der Waals surface area contributed by atoms with Gasteiger partial charge in [0.1, 0.15) is 11.2 Å². The molecular weight excluding hydrogens is 356 g/mol. The Morgan fingerprint density at radius 3 is 2.69 bits per heavy atom. The second-order valence-corrected chi connectivity index (χ2v) is 6.99. The summed E-state index contributed by atoms with van der Waals surface area (Å²) in [5.41, 5.74) is 1.96. The van der Waals surface area contributed by atoms with Crippen LogP contribution in [0.25, 0.3) is 0 Å². The molecule has 1 atom stereocenters. The number of halogens is 1. The third-order valence-corrected chi connectivity index (χ3v) is 5.51. The highest BCUT2D eigenvalue weighted by Crippen LogP contribution is 2.47. The number of methoxy groups -OCH3 is 1. The van der Waals surface area contributed by atoms with E-state index in [1.165, 1.54) is 0 Å². The molecule has 1 unspecified atom stereocenters. The summed E-state index contributed by atoms with van der Waals surface area (Å²) in [7, 11) is 1.59. The Hall–Kier alpha value is -2.73. The Morgan fingerprint density at radius 1 is 1.27 bits per heavy atom. The van der Waals surface area contributed by atoms with E-state index in [1.807, 2.05) is 36.4 Å². The summed E-state index contributed by atoms with van der Waals surface area (Å²) in [6.45, 7) is 1.16. The normalized spacial score (nSPS) is 20.9. The van der Waals surface area contributed by atoms with Crippen LogP contribution in [-0.4, -0.2) is 42.2 Å². The third kappa shape index (κ3) is 2.33. The summed E-state index contributed by atoms with van der Waals surface area (Å²) in [4.78, 5) is 26.8. The summed E-state index contributed by atoms with van der Waals surface area (Å²) >= 11 is 6.37. The highest BCUT2D eigenvalue weighted by molar-refractivity contribution is 6.31. The first-order chi connectivity index (χ1) is 12.5. The van der Waals surface area contributed by atoms with Gasteiger partial charge >= 0.3 is 6.09 Å². The topological polar surface area (TPSA) is 70.1 Å². The van der Waals surface area contributed by atoms with Crippen LogP contribution in [0, 0.1) is 0 Å². The van der Waals surface area contributed by atoms with Crippen molar-refractivity contribution in [3.8, 4) is 5.75 Å². The highest BCUT2D eigenvalue weighted by Gasteiger charge is 2.60. The summed E-state index contributed by atoms with van der Waals surface area (Å²) in [6, 6.07) is 13.2. The van der Waals surface area contributed by atoms with Crippen LogP contribution in [0.4, 0.5) is 10.5 Å². The summed E-state index contributed by atoms with van der Waals surface area (Å²) in [5.74, 6) is 0.323. The standard InChI is InChI=1S/C19H17ClN2O4/c1-26-13-7-6-12(15(20)8-13)9-21-10-19(11-22(17(19)23)18(24)25)14-4-2-3-5-16(14)21/h2-8H,9-11H2,1H3,(H,24,25). The zero-order chi connectivity index (χ0) is 18.5. The predicted octanol–water partition coefficient (Wildman–Crippen LogP) is 3.13. The van der Waals surface area contributed by atoms with Gasteiger partial charge in [-0.2, -0.15) is 0 Å². The van der Waals surface area contributed by atoms with Crippen molar-refractivity contribution in [3.05, 3.63) is 58.6 Å². The Labute approximate surface area is 155 Å². The molecule has 7 heteroatoms. The number of imide groups is 1. The van der Waals surface area contributed by atoms with E-state index >= 15 is 0 Å². The lowest BCUT2D eigenvalue weighted by Crippen LogP contribution is -2.67. The molecule has 134 valence electrons. The van der Waals surface area contributed by atoms with Crippen LogP contribution in [0.1, 0.15) is 11.1 Å². The number of hydrogen-bond acceptors (Lipinski definition) is 4. The average molecular weight is 373 g/mol. The third-order valence-electron chi connectivity index (χ3n) is 5.16. The van der Waals surface area contributed by atoms with Gasteiger partial charge in [0, 0.05) is 23.8 Å². The van der Waals surface area contributed by atoms with Gasteiger partial charge in [-0.25, -0.2) is 9.69 Å². The molecule has 0 radical (unpaired) electrons. The van der Waals surface area contributed by atoms with Crippen molar-refractivity contribution in [1.82, 2.24) is 4.90 Å². The first kappa shape index (κ1) is 16.7. The molecule has 2 aromatic rings. The van der Waals surface area contributed by atoms with Gasteiger partial charge in [-0.05, 0) is 29.3 Å². The van der Waals surface area contributed by atoms with Gasteiger partial charge < -0.3 is 14.7 Å². The lowest BCUT2D eigenvalue weighted by atomic mass is 9.74. The number of likely N-dealkylation sites (tertiary alicyclic amines) is 1. The van der Waals surface area contributed by atoms with Crippen LogP contribution >= 0.6 is 11.6 Å². The van der Waals surface area contributed by atoms with Crippen molar-refractivity contribution >= 4 is 29.3 Å². The zero-order valence-electron chi connectivity index (χ0n) is 14.1. The summed E-state index contributed by atoms with van der Waals surface area (Å²) in [5, 5.41) is 9.74. The van der Waals surface area contributed by atoms with Crippen LogP contribution < -0.4 is 9.64 Å². The molecule has 1 spiro atoms. The van der Waals surface area contributed by atoms with Gasteiger partial charge in [0.25, 0.3) is 0 Å². The summed E-state index contributed by atoms with van der Waals surface area (Å²) < 4.78 is 5.18. The number of fused-ring (bicyclic) bond motifs is 2. The number of ether oxygens (including phenoxy) is 1. The number of amides is 2. The van der Waals surface area contributed by atoms with E-state index in [2.05, 4.69) is 4.90 Å². The second-order valence-electron chi connectivity index (χ2n) is 6.59. The van der Waals surface area contributed by atoms with Gasteiger partial charge in [0.2, 0.25) is 5.91 Å². The van der Waals surface area contributed by atoms with Gasteiger partial charge in [0.15, 0.2) is 0 Å².